The van der Waals surface area contributed by atoms with Gasteiger partial charge >= 0.3 is 0 Å². The van der Waals surface area contributed by atoms with Crippen molar-refractivity contribution in [2.75, 3.05) is 41.3 Å². The van der Waals surface area contributed by atoms with Crippen LogP contribution in [0.3, 0.4) is 0 Å². The fourth-order valence-electron chi connectivity index (χ4n) is 13.3. The molecule has 1 aliphatic heterocycles. The number of hydrogen-bond donors (Lipinski definition) is 0. The van der Waals surface area contributed by atoms with Crippen LogP contribution in [0.5, 0.6) is 0 Å². The molecule has 102 heavy (non-hydrogen) atoms. The van der Waals surface area contributed by atoms with E-state index in [2.05, 4.69) is 202 Å². The number of nitrogens with zero attached hydrogens (tertiary/aromatic N) is 9. The molecule has 5 fully saturated rings. The van der Waals surface area contributed by atoms with Crippen LogP contribution < -0.4 is 0 Å². The Morgan fingerprint density at radius 2 is 0.559 bits per heavy atom. The van der Waals surface area contributed by atoms with Gasteiger partial charge in [-0.25, -0.2) is 0 Å². The largest absolute Gasteiger partial charge is 0.299 e. The van der Waals surface area contributed by atoms with E-state index in [4.69, 9.17) is 0 Å². The summed E-state index contributed by atoms with van der Waals surface area (Å²) >= 11 is 0. The Hall–Kier alpha value is -4.38. The fourth-order valence-corrected chi connectivity index (χ4v) is 13.3. The van der Waals surface area contributed by atoms with Gasteiger partial charge in [-0.1, -0.05) is 228 Å². The predicted octanol–water partition coefficient (Wildman–Crippen LogP) is 27.8. The quantitative estimate of drug-likeness (QED) is 0.108. The maximum atomic E-state index is 4.47. The Labute approximate surface area is 639 Å². The normalized spacial score (nSPS) is 21.3. The highest BCUT2D eigenvalue weighted by molar-refractivity contribution is 5.16. The Balaban J connectivity index is -0.000000361. The Morgan fingerprint density at radius 1 is 0.304 bits per heavy atom. The van der Waals surface area contributed by atoms with E-state index in [1.54, 1.807) is 0 Å². The Kier molecular flexibility index (Phi) is 75.2. The number of likely N-dealkylation sites (tertiary alicyclic amines) is 1. The van der Waals surface area contributed by atoms with Crippen LogP contribution in [0.1, 0.15) is 369 Å². The van der Waals surface area contributed by atoms with Crippen LogP contribution in [0, 0.1) is 29.6 Å². The van der Waals surface area contributed by atoms with Gasteiger partial charge in [-0.2, -0.15) is 0 Å². The maximum absolute atomic E-state index is 4.47. The molecule has 592 valence electrons. The van der Waals surface area contributed by atoms with Gasteiger partial charge in [-0.3, -0.25) is 44.4 Å². The van der Waals surface area contributed by atoms with Gasteiger partial charge in [0.25, 0.3) is 0 Å². The van der Waals surface area contributed by atoms with E-state index < -0.39 is 0 Å². The molecular formula is C93H175N9. The molecule has 0 N–H and O–H groups in total. The predicted molar refractivity (Wildman–Crippen MR) is 461 cm³/mol. The first-order valence-electron chi connectivity index (χ1n) is 42.8. The average Bonchev–Trinajstić information content (AvgIpc) is 0.915. The lowest BCUT2D eigenvalue weighted by atomic mass is 9.86. The zero-order valence-corrected chi connectivity index (χ0v) is 74.0. The van der Waals surface area contributed by atoms with Crippen molar-refractivity contribution >= 4 is 0 Å². The van der Waals surface area contributed by atoms with E-state index in [1.807, 2.05) is 200 Å². The molecule has 0 radical (unpaired) electrons. The van der Waals surface area contributed by atoms with Gasteiger partial charge in [0.1, 0.15) is 0 Å². The van der Waals surface area contributed by atoms with Crippen LogP contribution in [0.4, 0.5) is 0 Å². The van der Waals surface area contributed by atoms with Crippen molar-refractivity contribution in [1.29, 1.82) is 0 Å². The minimum atomic E-state index is 0.426. The van der Waals surface area contributed by atoms with Gasteiger partial charge < -0.3 is 0 Å². The lowest BCUT2D eigenvalue weighted by Crippen LogP contribution is -2.36. The van der Waals surface area contributed by atoms with E-state index in [-0.39, 0.29) is 0 Å². The van der Waals surface area contributed by atoms with Gasteiger partial charge in [0, 0.05) is 92.1 Å². The van der Waals surface area contributed by atoms with Crippen molar-refractivity contribution in [3.8, 4) is 0 Å². The standard InChI is InChI=1S/4C15H24N2.C13H19N.10C2H6/c2*1-12-6-8-15(9-7-12)17(3)13(2)14-5-4-10-16-11-14;2*1-12-7-9-14(10-8-12)17(3)13(2)15-6-4-5-11-16-15;1-12-7-9-14(10-8-12)11-13-5-3-2-4-6-13;10*1-2/h2*4-5,10-13,15H,6-9H2,1-3H3;2*4-6,11-14H,7-10H2,1-3H3;2-6,12H,7-11H2,1H3;10*1-2H3. The van der Waals surface area contributed by atoms with E-state index in [1.165, 1.54) is 157 Å². The highest BCUT2D eigenvalue weighted by atomic mass is 15.2. The van der Waals surface area contributed by atoms with E-state index in [0.29, 0.717) is 24.2 Å². The van der Waals surface area contributed by atoms with Crippen molar-refractivity contribution in [3.05, 3.63) is 156 Å². The van der Waals surface area contributed by atoms with Gasteiger partial charge in [0.2, 0.25) is 0 Å². The van der Waals surface area contributed by atoms with Crippen LogP contribution in [0.15, 0.2) is 128 Å². The van der Waals surface area contributed by atoms with Crippen molar-refractivity contribution < 1.29 is 0 Å². The highest BCUT2D eigenvalue weighted by Gasteiger charge is 2.29. The second-order valence-electron chi connectivity index (χ2n) is 26.5. The molecule has 4 atom stereocenters. The molecule has 0 bridgehead atoms. The summed E-state index contributed by atoms with van der Waals surface area (Å²) in [4.78, 5) is 30.0. The molecule has 9 nitrogen and oxygen atoms in total. The van der Waals surface area contributed by atoms with Crippen molar-refractivity contribution in [2.24, 2.45) is 29.6 Å². The van der Waals surface area contributed by atoms with Gasteiger partial charge in [-0.15, -0.1) is 0 Å². The zero-order chi connectivity index (χ0) is 78.8. The lowest BCUT2D eigenvalue weighted by Gasteiger charge is -2.37. The van der Waals surface area contributed by atoms with Crippen LogP contribution in [0.2, 0.25) is 0 Å². The summed E-state index contributed by atoms with van der Waals surface area (Å²) in [6.07, 6.45) is 36.0. The van der Waals surface area contributed by atoms with Gasteiger partial charge in [0.15, 0.2) is 0 Å². The minimum absolute atomic E-state index is 0.426. The molecular weight excluding hydrogens is 1240 g/mol. The molecule has 1 aromatic carbocycles. The monoisotopic (exact) mass is 1420 g/mol. The van der Waals surface area contributed by atoms with Gasteiger partial charge in [-0.05, 0) is 267 Å². The second kappa shape index (κ2) is 72.2. The summed E-state index contributed by atoms with van der Waals surface area (Å²) in [6.45, 7) is 64.6. The van der Waals surface area contributed by atoms with Crippen LogP contribution >= 0.6 is 0 Å². The molecule has 4 saturated carbocycles. The topological polar surface area (TPSA) is 67.8 Å². The first kappa shape index (κ1) is 106. The molecule has 5 aliphatic rings. The van der Waals surface area contributed by atoms with Crippen molar-refractivity contribution in [2.45, 2.75) is 371 Å². The maximum Gasteiger partial charge on any atom is 0.0572 e. The van der Waals surface area contributed by atoms with Crippen LogP contribution in [0.25, 0.3) is 0 Å². The number of piperidine rings is 1. The number of rotatable bonds is 14. The molecule has 0 amide bonds. The molecule has 5 heterocycles. The van der Waals surface area contributed by atoms with E-state index >= 15 is 0 Å². The first-order chi connectivity index (χ1) is 49.6. The third kappa shape index (κ3) is 45.2. The summed E-state index contributed by atoms with van der Waals surface area (Å²) in [5.41, 5.74) is 6.48. The molecule has 4 aromatic heterocycles. The fraction of sp³-hybridized carbons (Fsp3) is 0.720. The summed E-state index contributed by atoms with van der Waals surface area (Å²) in [5.74, 6) is 4.62. The summed E-state index contributed by atoms with van der Waals surface area (Å²) in [6, 6.07) is 36.4. The molecule has 4 unspecified atom stereocenters. The third-order valence-corrected chi connectivity index (χ3v) is 20.4. The third-order valence-electron chi connectivity index (χ3n) is 20.4. The number of pyridine rings is 4. The summed E-state index contributed by atoms with van der Waals surface area (Å²) in [7, 11) is 9.02. The first-order valence-corrected chi connectivity index (χ1v) is 42.8. The molecule has 10 rings (SSSR count). The van der Waals surface area contributed by atoms with Crippen LogP contribution in [-0.2, 0) is 6.54 Å². The molecule has 0 spiro atoms. The minimum Gasteiger partial charge on any atom is -0.299 e. The van der Waals surface area contributed by atoms with E-state index in [0.717, 1.165) is 60.3 Å². The van der Waals surface area contributed by atoms with E-state index in [9.17, 15) is 0 Å². The zero-order valence-electron chi connectivity index (χ0n) is 74.0. The number of hydrogen-bond acceptors (Lipinski definition) is 9. The molecule has 1 saturated heterocycles. The average molecular weight is 1420 g/mol. The number of aromatic nitrogens is 4. The summed E-state index contributed by atoms with van der Waals surface area (Å²) in [5, 5.41) is 0. The number of benzene rings is 1. The molecule has 5 aromatic rings. The lowest BCUT2D eigenvalue weighted by molar-refractivity contribution is 0.129. The van der Waals surface area contributed by atoms with Crippen molar-refractivity contribution in [3.63, 3.8) is 0 Å². The summed E-state index contributed by atoms with van der Waals surface area (Å²) < 4.78 is 0. The Morgan fingerprint density at radius 3 is 0.804 bits per heavy atom. The SMILES string of the molecule is CC.CC.CC.CC.CC.CC.CC.CC.CC.CC.CC1CCC(N(C)C(C)c2ccccn2)CC1.CC1CCC(N(C)C(C)c2ccccn2)CC1.CC1CCC(N(C)C(C)c2cccnc2)CC1.CC1CCC(N(C)C(C)c2cccnc2)CC1.CC1CCN(Cc2ccccc2)CC1. The van der Waals surface area contributed by atoms with Crippen molar-refractivity contribution in [1.82, 2.24) is 44.4 Å². The second-order valence-corrected chi connectivity index (χ2v) is 26.5. The highest BCUT2D eigenvalue weighted by Crippen LogP contribution is 2.35. The molecule has 4 aliphatic carbocycles. The Bertz CT molecular complexity index is 2080. The van der Waals surface area contributed by atoms with Crippen LogP contribution in [-0.4, -0.2) is 110 Å². The molecule has 9 heteroatoms. The smallest absolute Gasteiger partial charge is 0.0572 e. The van der Waals surface area contributed by atoms with Gasteiger partial charge in [0.05, 0.1) is 11.4 Å².